The van der Waals surface area contributed by atoms with E-state index in [4.69, 9.17) is 9.63 Å². The van der Waals surface area contributed by atoms with Crippen LogP contribution in [0.1, 0.15) is 26.2 Å². The van der Waals surface area contributed by atoms with Crippen LogP contribution in [0, 0.1) is 0 Å². The minimum Gasteiger partial charge on any atom is -0.396 e. The Kier molecular flexibility index (Phi) is 5.20. The van der Waals surface area contributed by atoms with Gasteiger partial charge in [-0.05, 0) is 32.4 Å². The standard InChI is InChI=1S/C14H20N4O2/c1-11(2)18(8-5-9-19)10-13-16-14(17-20-13)12-6-3-4-7-15-12/h3-4,6-7,11,19H,5,8-10H2,1-2H3. The van der Waals surface area contributed by atoms with Gasteiger partial charge in [0.25, 0.3) is 0 Å². The summed E-state index contributed by atoms with van der Waals surface area (Å²) in [7, 11) is 0. The number of nitrogens with zero attached hydrogens (tertiary/aromatic N) is 4. The Labute approximate surface area is 118 Å². The lowest BCUT2D eigenvalue weighted by Crippen LogP contribution is -2.31. The topological polar surface area (TPSA) is 75.3 Å². The van der Waals surface area contributed by atoms with E-state index in [0.717, 1.165) is 13.0 Å². The highest BCUT2D eigenvalue weighted by Crippen LogP contribution is 2.14. The molecule has 1 N–H and O–H groups in total. The summed E-state index contributed by atoms with van der Waals surface area (Å²) in [5, 5.41) is 12.9. The van der Waals surface area contributed by atoms with Gasteiger partial charge in [-0.15, -0.1) is 0 Å². The van der Waals surface area contributed by atoms with E-state index in [1.165, 1.54) is 0 Å². The predicted molar refractivity (Wildman–Crippen MR) is 74.8 cm³/mol. The summed E-state index contributed by atoms with van der Waals surface area (Å²) in [6, 6.07) is 5.94. The van der Waals surface area contributed by atoms with Crippen molar-refractivity contribution in [3.05, 3.63) is 30.3 Å². The third kappa shape index (κ3) is 3.85. The van der Waals surface area contributed by atoms with Gasteiger partial charge in [-0.2, -0.15) is 4.98 Å². The van der Waals surface area contributed by atoms with Crippen LogP contribution in [0.4, 0.5) is 0 Å². The first-order chi connectivity index (χ1) is 9.70. The number of aromatic nitrogens is 3. The average molecular weight is 276 g/mol. The van der Waals surface area contributed by atoms with Gasteiger partial charge in [0.2, 0.25) is 11.7 Å². The van der Waals surface area contributed by atoms with Gasteiger partial charge >= 0.3 is 0 Å². The van der Waals surface area contributed by atoms with Crippen LogP contribution in [0.2, 0.25) is 0 Å². The zero-order chi connectivity index (χ0) is 14.4. The first kappa shape index (κ1) is 14.6. The summed E-state index contributed by atoms with van der Waals surface area (Å²) < 4.78 is 5.27. The maximum atomic E-state index is 8.93. The van der Waals surface area contributed by atoms with Crippen LogP contribution in [-0.2, 0) is 6.54 Å². The molecule has 0 aromatic carbocycles. The maximum absolute atomic E-state index is 8.93. The number of hydrogen-bond acceptors (Lipinski definition) is 6. The van der Waals surface area contributed by atoms with Crippen molar-refractivity contribution in [2.45, 2.75) is 32.9 Å². The van der Waals surface area contributed by atoms with Gasteiger partial charge in [0.05, 0.1) is 6.54 Å². The molecule has 0 saturated heterocycles. The van der Waals surface area contributed by atoms with Crippen LogP contribution in [0.3, 0.4) is 0 Å². The second-order valence-corrected chi connectivity index (χ2v) is 4.87. The third-order valence-corrected chi connectivity index (χ3v) is 3.03. The second-order valence-electron chi connectivity index (χ2n) is 4.87. The van der Waals surface area contributed by atoms with Crippen molar-refractivity contribution in [3.8, 4) is 11.5 Å². The van der Waals surface area contributed by atoms with E-state index >= 15 is 0 Å². The SMILES string of the molecule is CC(C)N(CCCO)Cc1nc(-c2ccccn2)no1. The van der Waals surface area contributed by atoms with E-state index in [2.05, 4.69) is 33.9 Å². The van der Waals surface area contributed by atoms with Crippen LogP contribution in [0.5, 0.6) is 0 Å². The van der Waals surface area contributed by atoms with Crippen molar-refractivity contribution in [1.82, 2.24) is 20.0 Å². The largest absolute Gasteiger partial charge is 0.396 e. The minimum absolute atomic E-state index is 0.187. The van der Waals surface area contributed by atoms with Crippen LogP contribution in [-0.4, -0.2) is 44.3 Å². The molecule has 0 radical (unpaired) electrons. The molecule has 6 heteroatoms. The minimum atomic E-state index is 0.187. The van der Waals surface area contributed by atoms with Crippen LogP contribution in [0.15, 0.2) is 28.9 Å². The molecule has 0 aliphatic carbocycles. The molecule has 0 bridgehead atoms. The fraction of sp³-hybridized carbons (Fsp3) is 0.500. The summed E-state index contributed by atoms with van der Waals surface area (Å²) in [5.41, 5.74) is 0.703. The van der Waals surface area contributed by atoms with Crippen molar-refractivity contribution in [2.75, 3.05) is 13.2 Å². The molecule has 0 amide bonds. The van der Waals surface area contributed by atoms with Crippen molar-refractivity contribution >= 4 is 0 Å². The quantitative estimate of drug-likeness (QED) is 0.830. The molecule has 2 aromatic heterocycles. The zero-order valence-corrected chi connectivity index (χ0v) is 11.9. The molecule has 108 valence electrons. The lowest BCUT2D eigenvalue weighted by Gasteiger charge is -2.24. The summed E-state index contributed by atoms with van der Waals surface area (Å²) in [6.07, 6.45) is 2.44. The Morgan fingerprint density at radius 2 is 2.20 bits per heavy atom. The first-order valence-electron chi connectivity index (χ1n) is 6.79. The highest BCUT2D eigenvalue weighted by Gasteiger charge is 2.15. The van der Waals surface area contributed by atoms with Gasteiger partial charge in [0.15, 0.2) is 0 Å². The van der Waals surface area contributed by atoms with Gasteiger partial charge in [0.1, 0.15) is 5.69 Å². The summed E-state index contributed by atoms with van der Waals surface area (Å²) in [5.74, 6) is 1.07. The summed E-state index contributed by atoms with van der Waals surface area (Å²) >= 11 is 0. The van der Waals surface area contributed by atoms with Gasteiger partial charge in [-0.1, -0.05) is 11.2 Å². The maximum Gasteiger partial charge on any atom is 0.241 e. The normalized spacial score (nSPS) is 11.4. The van der Waals surface area contributed by atoms with E-state index in [1.807, 2.05) is 18.2 Å². The monoisotopic (exact) mass is 276 g/mol. The molecule has 2 aromatic rings. The Hall–Kier alpha value is -1.79. The fourth-order valence-electron chi connectivity index (χ4n) is 1.89. The van der Waals surface area contributed by atoms with Crippen LogP contribution < -0.4 is 0 Å². The number of pyridine rings is 1. The molecule has 0 aliphatic rings. The molecular formula is C14H20N4O2. The van der Waals surface area contributed by atoms with E-state index in [1.54, 1.807) is 6.20 Å². The van der Waals surface area contributed by atoms with Gasteiger partial charge in [0, 0.05) is 25.4 Å². The van der Waals surface area contributed by atoms with Gasteiger partial charge in [-0.3, -0.25) is 9.88 Å². The second kappa shape index (κ2) is 7.12. The highest BCUT2D eigenvalue weighted by molar-refractivity contribution is 5.46. The number of hydrogen-bond donors (Lipinski definition) is 1. The predicted octanol–water partition coefficient (Wildman–Crippen LogP) is 1.72. The van der Waals surface area contributed by atoms with Gasteiger partial charge in [-0.25, -0.2) is 0 Å². The smallest absolute Gasteiger partial charge is 0.241 e. The molecule has 0 fully saturated rings. The van der Waals surface area contributed by atoms with Crippen molar-refractivity contribution in [2.24, 2.45) is 0 Å². The fourth-order valence-corrected chi connectivity index (χ4v) is 1.89. The molecule has 0 saturated carbocycles. The van der Waals surface area contributed by atoms with Crippen molar-refractivity contribution in [1.29, 1.82) is 0 Å². The van der Waals surface area contributed by atoms with Crippen LogP contribution in [0.25, 0.3) is 11.5 Å². The molecule has 2 rings (SSSR count). The molecule has 0 aliphatic heterocycles. The molecule has 20 heavy (non-hydrogen) atoms. The number of rotatable bonds is 7. The molecule has 0 atom stereocenters. The third-order valence-electron chi connectivity index (χ3n) is 3.03. The molecule has 2 heterocycles. The molecule has 6 nitrogen and oxygen atoms in total. The molecule has 0 unspecified atom stereocenters. The average Bonchev–Trinajstić information content (AvgIpc) is 2.92. The lowest BCUT2D eigenvalue weighted by molar-refractivity contribution is 0.165. The highest BCUT2D eigenvalue weighted by atomic mass is 16.5. The number of aliphatic hydroxyl groups excluding tert-OH is 1. The zero-order valence-electron chi connectivity index (χ0n) is 11.9. The lowest BCUT2D eigenvalue weighted by atomic mass is 10.3. The van der Waals surface area contributed by atoms with Crippen molar-refractivity contribution in [3.63, 3.8) is 0 Å². The summed E-state index contributed by atoms with van der Waals surface area (Å²) in [4.78, 5) is 10.7. The van der Waals surface area contributed by atoms with E-state index < -0.39 is 0 Å². The Morgan fingerprint density at radius 1 is 1.35 bits per heavy atom. The van der Waals surface area contributed by atoms with Crippen LogP contribution >= 0.6 is 0 Å². The Balaban J connectivity index is 2.04. The first-order valence-corrected chi connectivity index (χ1v) is 6.79. The van der Waals surface area contributed by atoms with E-state index in [9.17, 15) is 0 Å². The van der Waals surface area contributed by atoms with Crippen molar-refractivity contribution < 1.29 is 9.63 Å². The van der Waals surface area contributed by atoms with E-state index in [-0.39, 0.29) is 6.61 Å². The Morgan fingerprint density at radius 3 is 2.85 bits per heavy atom. The summed E-state index contributed by atoms with van der Waals surface area (Å²) in [6.45, 7) is 5.78. The molecular weight excluding hydrogens is 256 g/mol. The molecule has 0 spiro atoms. The van der Waals surface area contributed by atoms with Gasteiger partial charge < -0.3 is 9.63 Å². The number of aliphatic hydroxyl groups is 1. The Bertz CT molecular complexity index is 513. The van der Waals surface area contributed by atoms with E-state index in [0.29, 0.717) is 30.0 Å².